The molecule has 2 N–H and O–H groups in total. The van der Waals surface area contributed by atoms with E-state index in [9.17, 15) is 4.79 Å². The van der Waals surface area contributed by atoms with Gasteiger partial charge in [0.15, 0.2) is 11.7 Å². The number of hydrogen-bond donors (Lipinski definition) is 2. The van der Waals surface area contributed by atoms with Crippen LogP contribution in [0.25, 0.3) is 11.3 Å². The van der Waals surface area contributed by atoms with E-state index in [0.717, 1.165) is 12.1 Å². The van der Waals surface area contributed by atoms with Gasteiger partial charge >= 0.3 is 0 Å². The van der Waals surface area contributed by atoms with Crippen LogP contribution in [0.5, 0.6) is 0 Å². The maximum atomic E-state index is 11.6. The summed E-state index contributed by atoms with van der Waals surface area (Å²) in [6.07, 6.45) is 2.51. The minimum atomic E-state index is -0.00325. The minimum Gasteiger partial charge on any atom is -0.441 e. The number of nitrogens with one attached hydrogen (secondary N) is 2. The van der Waals surface area contributed by atoms with Gasteiger partial charge in [-0.1, -0.05) is 11.6 Å². The summed E-state index contributed by atoms with van der Waals surface area (Å²) >= 11 is 5.85. The van der Waals surface area contributed by atoms with E-state index in [2.05, 4.69) is 15.6 Å². The van der Waals surface area contributed by atoms with Crippen LogP contribution in [0.4, 0.5) is 0 Å². The first-order valence-electron chi connectivity index (χ1n) is 6.81. The molecule has 0 spiro atoms. The van der Waals surface area contributed by atoms with Crippen molar-refractivity contribution in [2.45, 2.75) is 12.8 Å². The van der Waals surface area contributed by atoms with Crippen LogP contribution >= 0.6 is 36.4 Å². The molecule has 0 saturated carbocycles. The highest BCUT2D eigenvalue weighted by molar-refractivity contribution is 6.30. The zero-order valence-corrected chi connectivity index (χ0v) is 15.1. The zero-order valence-electron chi connectivity index (χ0n) is 12.7. The van der Waals surface area contributed by atoms with Gasteiger partial charge in [0.25, 0.3) is 0 Å². The van der Waals surface area contributed by atoms with Crippen molar-refractivity contribution in [3.63, 3.8) is 0 Å². The number of aromatic nitrogens is 1. The predicted octanol–water partition coefficient (Wildman–Crippen LogP) is 3.11. The number of oxazole rings is 1. The molecule has 23 heavy (non-hydrogen) atoms. The van der Waals surface area contributed by atoms with E-state index in [0.29, 0.717) is 36.1 Å². The number of hydrogen-bond acceptors (Lipinski definition) is 4. The average Bonchev–Trinajstić information content (AvgIpc) is 2.95. The van der Waals surface area contributed by atoms with Crippen LogP contribution in [-0.2, 0) is 11.2 Å². The van der Waals surface area contributed by atoms with Gasteiger partial charge in [0.05, 0.1) is 6.20 Å². The van der Waals surface area contributed by atoms with Crippen LogP contribution in [0.3, 0.4) is 0 Å². The quantitative estimate of drug-likeness (QED) is 0.724. The number of carbonyl (C=O) groups is 1. The fourth-order valence-corrected chi connectivity index (χ4v) is 1.94. The Hall–Kier alpha value is -1.27. The molecule has 1 aromatic heterocycles. The van der Waals surface area contributed by atoms with E-state index in [4.69, 9.17) is 16.0 Å². The third-order valence-electron chi connectivity index (χ3n) is 2.95. The lowest BCUT2D eigenvalue weighted by Crippen LogP contribution is -2.30. The first-order chi connectivity index (χ1) is 10.2. The van der Waals surface area contributed by atoms with Crippen molar-refractivity contribution in [2.24, 2.45) is 0 Å². The molecule has 0 radical (unpaired) electrons. The van der Waals surface area contributed by atoms with E-state index in [1.165, 1.54) is 0 Å². The predicted molar refractivity (Wildman–Crippen MR) is 96.7 cm³/mol. The Morgan fingerprint density at radius 3 is 2.57 bits per heavy atom. The van der Waals surface area contributed by atoms with Gasteiger partial charge in [-0.25, -0.2) is 4.98 Å². The molecule has 0 bridgehead atoms. The van der Waals surface area contributed by atoms with Crippen LogP contribution < -0.4 is 10.6 Å². The summed E-state index contributed by atoms with van der Waals surface area (Å²) in [4.78, 5) is 15.8. The highest BCUT2D eigenvalue weighted by atomic mass is 35.5. The number of carbonyl (C=O) groups excluding carboxylic acids is 1. The SMILES string of the molecule is CNCCNC(=O)CCc1ncc(-c2ccc(Cl)cc2)o1.Cl.Cl. The van der Waals surface area contributed by atoms with E-state index < -0.39 is 0 Å². The summed E-state index contributed by atoms with van der Waals surface area (Å²) in [6, 6.07) is 7.34. The summed E-state index contributed by atoms with van der Waals surface area (Å²) in [6.45, 7) is 1.38. The topological polar surface area (TPSA) is 67.2 Å². The third-order valence-corrected chi connectivity index (χ3v) is 3.20. The number of amides is 1. The standard InChI is InChI=1S/C15H18ClN3O2.2ClH/c1-17-8-9-18-14(20)6-7-15-19-10-13(21-15)11-2-4-12(16)5-3-11;;/h2-5,10,17H,6-9H2,1H3,(H,18,20);2*1H. The second-order valence-corrected chi connectivity index (χ2v) is 5.02. The molecule has 0 aliphatic rings. The van der Waals surface area contributed by atoms with Crippen LogP contribution in [0.15, 0.2) is 34.9 Å². The number of likely N-dealkylation sites (N-methyl/N-ethyl adjacent to an activating group) is 1. The minimum absolute atomic E-state index is 0. The Labute approximate surface area is 153 Å². The Morgan fingerprint density at radius 1 is 1.22 bits per heavy atom. The molecule has 128 valence electrons. The summed E-state index contributed by atoms with van der Waals surface area (Å²) in [5.74, 6) is 1.23. The maximum Gasteiger partial charge on any atom is 0.220 e. The molecule has 2 rings (SSSR count). The Morgan fingerprint density at radius 2 is 1.91 bits per heavy atom. The number of aryl methyl sites for hydroxylation is 1. The second kappa shape index (κ2) is 11.3. The molecule has 5 nitrogen and oxygen atoms in total. The average molecular weight is 381 g/mol. The van der Waals surface area contributed by atoms with Gasteiger partial charge in [-0.15, -0.1) is 24.8 Å². The number of halogens is 3. The Bertz CT molecular complexity index is 588. The summed E-state index contributed by atoms with van der Waals surface area (Å²) in [5, 5.41) is 6.46. The van der Waals surface area contributed by atoms with Gasteiger partial charge in [-0.05, 0) is 31.3 Å². The van der Waals surface area contributed by atoms with Crippen molar-refractivity contribution < 1.29 is 9.21 Å². The fourth-order valence-electron chi connectivity index (χ4n) is 1.81. The van der Waals surface area contributed by atoms with Gasteiger partial charge < -0.3 is 15.1 Å². The molecule has 8 heteroatoms. The molecule has 0 aliphatic carbocycles. The van der Waals surface area contributed by atoms with Crippen molar-refractivity contribution >= 4 is 42.3 Å². The van der Waals surface area contributed by atoms with Gasteiger partial charge in [-0.2, -0.15) is 0 Å². The van der Waals surface area contributed by atoms with Gasteiger partial charge in [0.2, 0.25) is 5.91 Å². The third kappa shape index (κ3) is 7.22. The van der Waals surface area contributed by atoms with E-state index in [1.807, 2.05) is 19.2 Å². The number of rotatable bonds is 7. The number of benzene rings is 1. The van der Waals surface area contributed by atoms with Crippen LogP contribution in [0, 0.1) is 0 Å². The molecule has 0 saturated heterocycles. The molecule has 0 unspecified atom stereocenters. The maximum absolute atomic E-state index is 11.6. The van der Waals surface area contributed by atoms with Gasteiger partial charge in [0.1, 0.15) is 0 Å². The molecule has 0 aliphatic heterocycles. The van der Waals surface area contributed by atoms with E-state index in [1.54, 1.807) is 18.3 Å². The van der Waals surface area contributed by atoms with E-state index >= 15 is 0 Å². The zero-order chi connectivity index (χ0) is 15.1. The van der Waals surface area contributed by atoms with Crippen LogP contribution in [-0.4, -0.2) is 31.0 Å². The van der Waals surface area contributed by atoms with Crippen molar-refractivity contribution in [1.29, 1.82) is 0 Å². The largest absolute Gasteiger partial charge is 0.441 e. The van der Waals surface area contributed by atoms with Crippen molar-refractivity contribution in [2.75, 3.05) is 20.1 Å². The molecule has 1 heterocycles. The van der Waals surface area contributed by atoms with Crippen molar-refractivity contribution in [1.82, 2.24) is 15.6 Å². The molecule has 0 atom stereocenters. The smallest absolute Gasteiger partial charge is 0.220 e. The molecular formula is C15H20Cl3N3O2. The first-order valence-corrected chi connectivity index (χ1v) is 7.19. The molecular weight excluding hydrogens is 361 g/mol. The summed E-state index contributed by atoms with van der Waals surface area (Å²) < 4.78 is 5.64. The molecule has 1 aromatic carbocycles. The normalized spacial score (nSPS) is 9.65. The molecule has 0 fully saturated rings. The van der Waals surface area contributed by atoms with Crippen LogP contribution in [0.2, 0.25) is 5.02 Å². The summed E-state index contributed by atoms with van der Waals surface area (Å²) in [7, 11) is 1.84. The van der Waals surface area contributed by atoms with Gasteiger partial charge in [-0.3, -0.25) is 4.79 Å². The Balaban J connectivity index is 0.00000242. The highest BCUT2D eigenvalue weighted by Crippen LogP contribution is 2.22. The van der Waals surface area contributed by atoms with E-state index in [-0.39, 0.29) is 30.7 Å². The highest BCUT2D eigenvalue weighted by Gasteiger charge is 2.08. The number of nitrogens with zero attached hydrogens (tertiary/aromatic N) is 1. The van der Waals surface area contributed by atoms with Crippen LogP contribution in [0.1, 0.15) is 12.3 Å². The first kappa shape index (κ1) is 21.7. The lowest BCUT2D eigenvalue weighted by molar-refractivity contribution is -0.121. The fraction of sp³-hybridized carbons (Fsp3) is 0.333. The Kier molecular flexibility index (Phi) is 10.7. The lowest BCUT2D eigenvalue weighted by Gasteiger charge is -2.03. The molecule has 2 aromatic rings. The second-order valence-electron chi connectivity index (χ2n) is 4.58. The lowest BCUT2D eigenvalue weighted by atomic mass is 10.2. The monoisotopic (exact) mass is 379 g/mol. The summed E-state index contributed by atoms with van der Waals surface area (Å²) in [5.41, 5.74) is 0.914. The van der Waals surface area contributed by atoms with Crippen molar-refractivity contribution in [3.8, 4) is 11.3 Å². The van der Waals surface area contributed by atoms with Crippen molar-refractivity contribution in [3.05, 3.63) is 41.4 Å². The molecule has 1 amide bonds. The van der Waals surface area contributed by atoms with Gasteiger partial charge in [0, 0.05) is 36.5 Å².